The maximum absolute atomic E-state index is 12.4. The van der Waals surface area contributed by atoms with Crippen LogP contribution < -0.4 is 5.32 Å². The van der Waals surface area contributed by atoms with Gasteiger partial charge in [0.25, 0.3) is 0 Å². The van der Waals surface area contributed by atoms with E-state index in [0.717, 1.165) is 16.0 Å². The first-order valence-corrected chi connectivity index (χ1v) is 9.24. The number of methoxy groups -OCH3 is 2. The van der Waals surface area contributed by atoms with E-state index in [1.165, 1.54) is 25.6 Å². The standard InChI is InChI=1S/C19H20N2O5S/c1-25-18(23)16-13-8-9-21(19(24)26-2)11-14(13)27-17(16)20-15(22)10-12-6-4-3-5-7-12/h3-7H,8-11H2,1-2H3,(H,20,22). The third-order valence-electron chi connectivity index (χ3n) is 4.34. The summed E-state index contributed by atoms with van der Waals surface area (Å²) >= 11 is 1.29. The van der Waals surface area contributed by atoms with Crippen LogP contribution in [0.2, 0.25) is 0 Å². The Balaban J connectivity index is 1.84. The summed E-state index contributed by atoms with van der Waals surface area (Å²) < 4.78 is 9.68. The minimum atomic E-state index is -0.492. The van der Waals surface area contributed by atoms with Crippen molar-refractivity contribution in [2.24, 2.45) is 0 Å². The van der Waals surface area contributed by atoms with Crippen LogP contribution in [-0.2, 0) is 33.7 Å². The highest BCUT2D eigenvalue weighted by atomic mass is 32.1. The van der Waals surface area contributed by atoms with Gasteiger partial charge in [-0.15, -0.1) is 11.3 Å². The van der Waals surface area contributed by atoms with Gasteiger partial charge in [0, 0.05) is 11.4 Å². The number of carbonyl (C=O) groups is 3. The smallest absolute Gasteiger partial charge is 0.409 e. The number of hydrogen-bond acceptors (Lipinski definition) is 6. The molecule has 1 aromatic carbocycles. The Hall–Kier alpha value is -2.87. The van der Waals surface area contributed by atoms with Crippen LogP contribution in [0.3, 0.4) is 0 Å². The zero-order chi connectivity index (χ0) is 19.4. The van der Waals surface area contributed by atoms with E-state index in [4.69, 9.17) is 9.47 Å². The molecular formula is C19H20N2O5S. The molecule has 3 rings (SSSR count). The predicted octanol–water partition coefficient (Wildman–Crippen LogP) is 2.84. The minimum absolute atomic E-state index is 0.207. The Morgan fingerprint density at radius 2 is 1.89 bits per heavy atom. The molecule has 0 aliphatic carbocycles. The number of carbonyl (C=O) groups excluding carboxylic acids is 3. The molecule has 2 heterocycles. The maximum atomic E-state index is 12.4. The van der Waals surface area contributed by atoms with Gasteiger partial charge in [0.1, 0.15) is 5.00 Å². The van der Waals surface area contributed by atoms with Gasteiger partial charge in [0.2, 0.25) is 5.91 Å². The predicted molar refractivity (Wildman–Crippen MR) is 101 cm³/mol. The highest BCUT2D eigenvalue weighted by Gasteiger charge is 2.31. The van der Waals surface area contributed by atoms with Gasteiger partial charge in [-0.25, -0.2) is 9.59 Å². The lowest BCUT2D eigenvalue weighted by Crippen LogP contribution is -2.35. The second kappa shape index (κ2) is 8.22. The summed E-state index contributed by atoms with van der Waals surface area (Å²) in [7, 11) is 2.65. The molecule has 0 spiro atoms. The van der Waals surface area contributed by atoms with Gasteiger partial charge in [0.15, 0.2) is 0 Å². The van der Waals surface area contributed by atoms with Crippen LogP contribution in [0.25, 0.3) is 0 Å². The number of rotatable bonds is 4. The third-order valence-corrected chi connectivity index (χ3v) is 5.47. The monoisotopic (exact) mass is 388 g/mol. The van der Waals surface area contributed by atoms with E-state index in [9.17, 15) is 14.4 Å². The number of anilines is 1. The first-order chi connectivity index (χ1) is 13.0. The normalized spacial score (nSPS) is 12.9. The van der Waals surface area contributed by atoms with Gasteiger partial charge in [-0.05, 0) is 17.5 Å². The molecule has 1 N–H and O–H groups in total. The molecule has 1 aliphatic rings. The first-order valence-electron chi connectivity index (χ1n) is 8.43. The number of fused-ring (bicyclic) bond motifs is 1. The van der Waals surface area contributed by atoms with E-state index in [1.807, 2.05) is 30.3 Å². The molecule has 0 bridgehead atoms. The van der Waals surface area contributed by atoms with Gasteiger partial charge in [-0.2, -0.15) is 0 Å². The van der Waals surface area contributed by atoms with Crippen LogP contribution in [0.1, 0.15) is 26.4 Å². The molecule has 1 aliphatic heterocycles. The summed E-state index contributed by atoms with van der Waals surface area (Å²) in [5.41, 5.74) is 2.08. The average Bonchev–Trinajstić information content (AvgIpc) is 3.04. The molecule has 0 saturated heterocycles. The van der Waals surface area contributed by atoms with Crippen LogP contribution in [0, 0.1) is 0 Å². The topological polar surface area (TPSA) is 84.9 Å². The fourth-order valence-corrected chi connectivity index (χ4v) is 4.31. The molecule has 0 unspecified atom stereocenters. The van der Waals surface area contributed by atoms with E-state index in [0.29, 0.717) is 30.1 Å². The van der Waals surface area contributed by atoms with Crippen molar-refractivity contribution < 1.29 is 23.9 Å². The SMILES string of the molecule is COC(=O)c1c(NC(=O)Cc2ccccc2)sc2c1CCN(C(=O)OC)C2. The lowest BCUT2D eigenvalue weighted by atomic mass is 10.0. The number of benzene rings is 1. The van der Waals surface area contributed by atoms with Gasteiger partial charge < -0.3 is 19.7 Å². The molecule has 2 aromatic rings. The summed E-state index contributed by atoms with van der Waals surface area (Å²) in [6.07, 6.45) is 0.293. The molecular weight excluding hydrogens is 368 g/mol. The van der Waals surface area contributed by atoms with Crippen molar-refractivity contribution in [2.75, 3.05) is 26.1 Å². The van der Waals surface area contributed by atoms with Crippen LogP contribution in [0.4, 0.5) is 9.80 Å². The molecule has 0 radical (unpaired) electrons. The number of nitrogens with zero attached hydrogens (tertiary/aromatic N) is 1. The number of nitrogens with one attached hydrogen (secondary N) is 1. The molecule has 142 valence electrons. The van der Waals surface area contributed by atoms with Crippen molar-refractivity contribution in [3.63, 3.8) is 0 Å². The zero-order valence-corrected chi connectivity index (χ0v) is 15.9. The van der Waals surface area contributed by atoms with Gasteiger partial charge in [0.05, 0.1) is 32.7 Å². The Labute approximate surface area is 160 Å². The van der Waals surface area contributed by atoms with Crippen molar-refractivity contribution in [3.8, 4) is 0 Å². The van der Waals surface area contributed by atoms with Crippen molar-refractivity contribution in [2.45, 2.75) is 19.4 Å². The molecule has 0 saturated carbocycles. The van der Waals surface area contributed by atoms with Crippen LogP contribution in [0.15, 0.2) is 30.3 Å². The fraction of sp³-hybridized carbons (Fsp3) is 0.316. The van der Waals surface area contributed by atoms with Crippen LogP contribution >= 0.6 is 11.3 Å². The van der Waals surface area contributed by atoms with Crippen LogP contribution in [-0.4, -0.2) is 43.6 Å². The van der Waals surface area contributed by atoms with E-state index in [1.54, 1.807) is 4.90 Å². The lowest BCUT2D eigenvalue weighted by molar-refractivity contribution is -0.115. The van der Waals surface area contributed by atoms with E-state index < -0.39 is 12.1 Å². The molecule has 27 heavy (non-hydrogen) atoms. The summed E-state index contributed by atoms with van der Waals surface area (Å²) in [4.78, 5) is 38.9. The summed E-state index contributed by atoms with van der Waals surface area (Å²) in [6, 6.07) is 9.36. The van der Waals surface area contributed by atoms with E-state index >= 15 is 0 Å². The quantitative estimate of drug-likeness (QED) is 0.814. The van der Waals surface area contributed by atoms with Gasteiger partial charge >= 0.3 is 12.1 Å². The van der Waals surface area contributed by atoms with Crippen molar-refractivity contribution in [1.29, 1.82) is 0 Å². The molecule has 1 aromatic heterocycles. The first kappa shape index (κ1) is 18.9. The summed E-state index contributed by atoms with van der Waals surface area (Å²) in [5, 5.41) is 3.29. The number of hydrogen-bond donors (Lipinski definition) is 1. The van der Waals surface area contributed by atoms with Gasteiger partial charge in [-0.3, -0.25) is 4.79 Å². The number of thiophene rings is 1. The Morgan fingerprint density at radius 3 is 2.56 bits per heavy atom. The zero-order valence-electron chi connectivity index (χ0n) is 15.1. The van der Waals surface area contributed by atoms with E-state index in [2.05, 4.69) is 5.32 Å². The Morgan fingerprint density at radius 1 is 1.15 bits per heavy atom. The molecule has 7 nitrogen and oxygen atoms in total. The largest absolute Gasteiger partial charge is 0.465 e. The highest BCUT2D eigenvalue weighted by molar-refractivity contribution is 7.17. The van der Waals surface area contributed by atoms with Crippen molar-refractivity contribution in [3.05, 3.63) is 51.9 Å². The summed E-state index contributed by atoms with van der Waals surface area (Å²) in [5.74, 6) is -0.705. The second-order valence-electron chi connectivity index (χ2n) is 6.05. The molecule has 0 atom stereocenters. The minimum Gasteiger partial charge on any atom is -0.465 e. The molecule has 2 amide bonds. The Bertz CT molecular complexity index is 862. The van der Waals surface area contributed by atoms with Crippen molar-refractivity contribution in [1.82, 2.24) is 4.90 Å². The van der Waals surface area contributed by atoms with Crippen molar-refractivity contribution >= 4 is 34.3 Å². The van der Waals surface area contributed by atoms with Crippen LogP contribution in [0.5, 0.6) is 0 Å². The number of amides is 2. The number of ether oxygens (including phenoxy) is 2. The fourth-order valence-electron chi connectivity index (χ4n) is 3.05. The molecule has 8 heteroatoms. The number of esters is 1. The maximum Gasteiger partial charge on any atom is 0.409 e. The highest BCUT2D eigenvalue weighted by Crippen LogP contribution is 2.37. The molecule has 0 fully saturated rings. The third kappa shape index (κ3) is 4.11. The van der Waals surface area contributed by atoms with Gasteiger partial charge in [-0.1, -0.05) is 30.3 Å². The Kier molecular flexibility index (Phi) is 5.75. The lowest BCUT2D eigenvalue weighted by Gasteiger charge is -2.25. The average molecular weight is 388 g/mol. The second-order valence-corrected chi connectivity index (χ2v) is 7.16. The summed E-state index contributed by atoms with van der Waals surface area (Å²) in [6.45, 7) is 0.781. The van der Waals surface area contributed by atoms with E-state index in [-0.39, 0.29) is 12.3 Å².